The Balaban J connectivity index is 1.56. The average molecular weight is 499 g/mol. The van der Waals surface area contributed by atoms with E-state index in [1.54, 1.807) is 18.2 Å². The van der Waals surface area contributed by atoms with Crippen LogP contribution in [0.4, 0.5) is 0 Å². The molecule has 9 heteroatoms. The van der Waals surface area contributed by atoms with Crippen molar-refractivity contribution >= 4 is 39.1 Å². The number of halogens is 2. The topological polar surface area (TPSA) is 75.7 Å². The zero-order chi connectivity index (χ0) is 23.3. The fourth-order valence-electron chi connectivity index (χ4n) is 3.63. The van der Waals surface area contributed by atoms with Gasteiger partial charge in [0.15, 0.2) is 0 Å². The van der Waals surface area contributed by atoms with Crippen molar-refractivity contribution in [3.63, 3.8) is 0 Å². The molecule has 0 unspecified atom stereocenters. The summed E-state index contributed by atoms with van der Waals surface area (Å²) < 4.78 is 32.9. The number of amides is 1. The maximum atomic E-state index is 12.9. The maximum Gasteiger partial charge on any atom is 0.224 e. The van der Waals surface area contributed by atoms with E-state index in [0.717, 1.165) is 11.3 Å². The summed E-state index contributed by atoms with van der Waals surface area (Å²) in [6.07, 6.45) is 1.40. The van der Waals surface area contributed by atoms with Gasteiger partial charge in [-0.2, -0.15) is 0 Å². The summed E-state index contributed by atoms with van der Waals surface area (Å²) in [5.74, 6) is 0.0891. The fraction of sp³-hybridized carbons (Fsp3) is 0.435. The molecule has 1 aliphatic heterocycles. The number of hydrogen-bond donors (Lipinski definition) is 1. The molecule has 1 amide bonds. The van der Waals surface area contributed by atoms with Gasteiger partial charge < -0.3 is 10.1 Å². The van der Waals surface area contributed by atoms with E-state index in [0.29, 0.717) is 41.5 Å². The third-order valence-electron chi connectivity index (χ3n) is 5.24. The number of sulfonamides is 1. The summed E-state index contributed by atoms with van der Waals surface area (Å²) in [5, 5.41) is 3.63. The van der Waals surface area contributed by atoms with Gasteiger partial charge >= 0.3 is 0 Å². The van der Waals surface area contributed by atoms with Crippen molar-refractivity contribution in [1.82, 2.24) is 9.62 Å². The first-order valence-electron chi connectivity index (χ1n) is 10.6. The monoisotopic (exact) mass is 498 g/mol. The molecule has 1 atom stereocenters. The molecule has 0 aromatic heterocycles. The van der Waals surface area contributed by atoms with Gasteiger partial charge in [-0.3, -0.25) is 4.79 Å². The Hall–Kier alpha value is -1.80. The molecule has 174 valence electrons. The average Bonchev–Trinajstić information content (AvgIpc) is 2.75. The summed E-state index contributed by atoms with van der Waals surface area (Å²) >= 11 is 11.9. The van der Waals surface area contributed by atoms with Crippen molar-refractivity contribution in [3.05, 3.63) is 63.6 Å². The number of hydrogen-bond acceptors (Lipinski definition) is 4. The zero-order valence-corrected chi connectivity index (χ0v) is 20.5. The smallest absolute Gasteiger partial charge is 0.224 e. The molecule has 2 aromatic carbocycles. The van der Waals surface area contributed by atoms with Crippen LogP contribution < -0.4 is 10.1 Å². The highest BCUT2D eigenvalue weighted by Crippen LogP contribution is 2.26. The Morgan fingerprint density at radius 1 is 1.12 bits per heavy atom. The first-order chi connectivity index (χ1) is 15.1. The van der Waals surface area contributed by atoms with Crippen LogP contribution in [0.2, 0.25) is 10.0 Å². The number of carbonyl (C=O) groups excluding carboxylic acids is 1. The Labute approximate surface area is 199 Å². The first kappa shape index (κ1) is 24.8. The van der Waals surface area contributed by atoms with Crippen molar-refractivity contribution in [2.24, 2.45) is 5.92 Å². The molecule has 2 aromatic rings. The van der Waals surface area contributed by atoms with Gasteiger partial charge in [-0.15, -0.1) is 0 Å². The molecular formula is C23H28Cl2N2O4S. The number of nitrogens with zero attached hydrogens (tertiary/aromatic N) is 1. The van der Waals surface area contributed by atoms with Gasteiger partial charge in [0.25, 0.3) is 0 Å². The third kappa shape index (κ3) is 6.85. The third-order valence-corrected chi connectivity index (χ3v) is 7.80. The van der Waals surface area contributed by atoms with Crippen LogP contribution in [0.5, 0.6) is 5.75 Å². The van der Waals surface area contributed by atoms with E-state index >= 15 is 0 Å². The molecule has 32 heavy (non-hydrogen) atoms. The van der Waals surface area contributed by atoms with Crippen molar-refractivity contribution < 1.29 is 17.9 Å². The second kappa shape index (κ2) is 10.9. The summed E-state index contributed by atoms with van der Waals surface area (Å²) in [5.41, 5.74) is 1.52. The van der Waals surface area contributed by atoms with E-state index in [9.17, 15) is 13.2 Å². The minimum absolute atomic E-state index is 0.0998. The van der Waals surface area contributed by atoms with Crippen LogP contribution >= 0.6 is 23.2 Å². The number of piperidine rings is 1. The van der Waals surface area contributed by atoms with Gasteiger partial charge in [0.05, 0.1) is 27.8 Å². The Morgan fingerprint density at radius 2 is 1.81 bits per heavy atom. The molecule has 1 fully saturated rings. The molecule has 1 heterocycles. The largest absolute Gasteiger partial charge is 0.491 e. The van der Waals surface area contributed by atoms with Crippen molar-refractivity contribution in [3.8, 4) is 5.75 Å². The SMILES string of the molecule is CC(C)Oc1ccc(CNC(=O)[C@H]2CCCN(S(=O)(=O)Cc3ccc(Cl)c(Cl)c3)C2)cc1. The molecule has 1 N–H and O–H groups in total. The van der Waals surface area contributed by atoms with Crippen LogP contribution in [0.15, 0.2) is 42.5 Å². The summed E-state index contributed by atoms with van der Waals surface area (Å²) in [7, 11) is -3.58. The second-order valence-electron chi connectivity index (χ2n) is 8.23. The number of benzene rings is 2. The van der Waals surface area contributed by atoms with Gasteiger partial charge in [0, 0.05) is 19.6 Å². The molecule has 6 nitrogen and oxygen atoms in total. The van der Waals surface area contributed by atoms with Crippen LogP contribution in [0.3, 0.4) is 0 Å². The molecule has 0 aliphatic carbocycles. The number of nitrogens with one attached hydrogen (secondary N) is 1. The van der Waals surface area contributed by atoms with E-state index < -0.39 is 10.0 Å². The normalized spacial score (nSPS) is 17.3. The van der Waals surface area contributed by atoms with E-state index in [-0.39, 0.29) is 30.2 Å². The lowest BCUT2D eigenvalue weighted by Gasteiger charge is -2.31. The lowest BCUT2D eigenvalue weighted by molar-refractivity contribution is -0.126. The van der Waals surface area contributed by atoms with E-state index in [4.69, 9.17) is 27.9 Å². The highest BCUT2D eigenvalue weighted by molar-refractivity contribution is 7.88. The van der Waals surface area contributed by atoms with Crippen molar-refractivity contribution in [2.75, 3.05) is 13.1 Å². The minimum Gasteiger partial charge on any atom is -0.491 e. The van der Waals surface area contributed by atoms with Crippen LogP contribution in [0.25, 0.3) is 0 Å². The van der Waals surface area contributed by atoms with Crippen molar-refractivity contribution in [2.45, 2.75) is 45.1 Å². The molecule has 0 radical (unpaired) electrons. The Morgan fingerprint density at radius 3 is 2.47 bits per heavy atom. The Bertz CT molecular complexity index is 1040. The Kier molecular flexibility index (Phi) is 8.44. The van der Waals surface area contributed by atoms with E-state index in [1.165, 1.54) is 4.31 Å². The van der Waals surface area contributed by atoms with Crippen LogP contribution in [-0.2, 0) is 27.1 Å². The molecule has 3 rings (SSSR count). The van der Waals surface area contributed by atoms with Crippen LogP contribution in [0, 0.1) is 5.92 Å². The molecule has 1 saturated heterocycles. The van der Waals surface area contributed by atoms with Gasteiger partial charge in [0.2, 0.25) is 15.9 Å². The minimum atomic E-state index is -3.58. The van der Waals surface area contributed by atoms with Crippen LogP contribution in [-0.4, -0.2) is 37.8 Å². The summed E-state index contributed by atoms with van der Waals surface area (Å²) in [6.45, 7) is 4.90. The summed E-state index contributed by atoms with van der Waals surface area (Å²) in [4.78, 5) is 12.7. The van der Waals surface area contributed by atoms with Gasteiger partial charge in [-0.1, -0.05) is 41.4 Å². The standard InChI is InChI=1S/C23H28Cl2N2O4S/c1-16(2)31-20-8-5-17(6-9-20)13-26-23(28)19-4-3-11-27(14-19)32(29,30)15-18-7-10-21(24)22(25)12-18/h5-10,12,16,19H,3-4,11,13-15H2,1-2H3,(H,26,28)/t19-/m0/s1. The second-order valence-corrected chi connectivity index (χ2v) is 11.0. The van der Waals surface area contributed by atoms with Crippen molar-refractivity contribution in [1.29, 1.82) is 0 Å². The molecule has 0 spiro atoms. The molecular weight excluding hydrogens is 471 g/mol. The fourth-order valence-corrected chi connectivity index (χ4v) is 5.55. The molecule has 0 saturated carbocycles. The first-order valence-corrected chi connectivity index (χ1v) is 13.0. The molecule has 0 bridgehead atoms. The summed E-state index contributed by atoms with van der Waals surface area (Å²) in [6, 6.07) is 12.4. The van der Waals surface area contributed by atoms with Gasteiger partial charge in [-0.25, -0.2) is 12.7 Å². The number of carbonyl (C=O) groups is 1. The highest BCUT2D eigenvalue weighted by atomic mass is 35.5. The van der Waals surface area contributed by atoms with Gasteiger partial charge in [0.1, 0.15) is 5.75 Å². The van der Waals surface area contributed by atoms with E-state index in [2.05, 4.69) is 5.32 Å². The maximum absolute atomic E-state index is 12.9. The van der Waals surface area contributed by atoms with Crippen LogP contribution in [0.1, 0.15) is 37.8 Å². The zero-order valence-electron chi connectivity index (χ0n) is 18.2. The number of rotatable bonds is 8. The lowest BCUT2D eigenvalue weighted by Crippen LogP contribution is -2.45. The quantitative estimate of drug-likeness (QED) is 0.575. The van der Waals surface area contributed by atoms with Gasteiger partial charge in [-0.05, 0) is 62.1 Å². The predicted octanol–water partition coefficient (Wildman–Crippen LogP) is 4.64. The number of ether oxygens (including phenoxy) is 1. The van der Waals surface area contributed by atoms with E-state index in [1.807, 2.05) is 38.1 Å². The lowest BCUT2D eigenvalue weighted by atomic mass is 9.99. The highest BCUT2D eigenvalue weighted by Gasteiger charge is 2.32. The predicted molar refractivity (Wildman–Crippen MR) is 127 cm³/mol. The molecule has 1 aliphatic rings.